The van der Waals surface area contributed by atoms with Gasteiger partial charge in [-0.2, -0.15) is 0 Å². The molecule has 0 aliphatic heterocycles. The lowest BCUT2D eigenvalue weighted by atomic mass is 9.96. The Morgan fingerprint density at radius 3 is 0.920 bits per heavy atom. The van der Waals surface area contributed by atoms with Crippen molar-refractivity contribution in [2.45, 2.75) is 156 Å². The zero-order valence-corrected chi connectivity index (χ0v) is 18.4. The van der Waals surface area contributed by atoms with Crippen LogP contribution in [0.15, 0.2) is 0 Å². The Morgan fingerprint density at radius 1 is 0.360 bits per heavy atom. The van der Waals surface area contributed by atoms with Gasteiger partial charge in [-0.05, 0) is 5.92 Å². The van der Waals surface area contributed by atoms with E-state index in [4.69, 9.17) is 0 Å². The summed E-state index contributed by atoms with van der Waals surface area (Å²) in [6.45, 7) is 7.07. The van der Waals surface area contributed by atoms with E-state index in [2.05, 4.69) is 20.8 Å². The molecular weight excluding hydrogens is 300 g/mol. The topological polar surface area (TPSA) is 0 Å². The van der Waals surface area contributed by atoms with Crippen molar-refractivity contribution < 1.29 is 0 Å². The first kappa shape index (κ1) is 25.0. The lowest BCUT2D eigenvalue weighted by Crippen LogP contribution is -1.95. The molecule has 0 saturated carbocycles. The molecule has 0 amide bonds. The maximum Gasteiger partial charge on any atom is -0.0443 e. The largest absolute Gasteiger partial charge is 0.0654 e. The second kappa shape index (κ2) is 22.0. The maximum absolute atomic E-state index is 2.47. The van der Waals surface area contributed by atoms with Crippen LogP contribution in [0.4, 0.5) is 0 Å². The molecule has 0 spiro atoms. The van der Waals surface area contributed by atoms with Crippen molar-refractivity contribution in [2.75, 3.05) is 0 Å². The second-order valence-corrected chi connectivity index (χ2v) is 8.69. The van der Waals surface area contributed by atoms with E-state index in [0.29, 0.717) is 0 Å². The molecule has 1 unspecified atom stereocenters. The minimum absolute atomic E-state index is 0.971. The van der Waals surface area contributed by atoms with Crippen molar-refractivity contribution in [1.82, 2.24) is 0 Å². The van der Waals surface area contributed by atoms with Gasteiger partial charge in [0, 0.05) is 0 Å². The van der Waals surface area contributed by atoms with E-state index in [0.717, 1.165) is 5.92 Å². The number of unbranched alkanes of at least 4 members (excludes halogenated alkanes) is 17. The fraction of sp³-hybridized carbons (Fsp3) is 1.00. The summed E-state index contributed by atoms with van der Waals surface area (Å²) in [5.74, 6) is 0.971. The van der Waals surface area contributed by atoms with Crippen LogP contribution in [-0.2, 0) is 0 Å². The van der Waals surface area contributed by atoms with E-state index >= 15 is 0 Å². The van der Waals surface area contributed by atoms with Crippen molar-refractivity contribution in [1.29, 1.82) is 0 Å². The van der Waals surface area contributed by atoms with Crippen molar-refractivity contribution in [3.05, 3.63) is 0 Å². The number of hydrogen-bond acceptors (Lipinski definition) is 0. The Morgan fingerprint density at radius 2 is 0.600 bits per heavy atom. The van der Waals surface area contributed by atoms with Gasteiger partial charge in [-0.15, -0.1) is 0 Å². The van der Waals surface area contributed by atoms with Gasteiger partial charge in [0.15, 0.2) is 0 Å². The zero-order valence-electron chi connectivity index (χ0n) is 18.4. The van der Waals surface area contributed by atoms with Gasteiger partial charge in [-0.3, -0.25) is 0 Å². The molecule has 0 nitrogen and oxygen atoms in total. The highest BCUT2D eigenvalue weighted by molar-refractivity contribution is 4.55. The van der Waals surface area contributed by atoms with Crippen LogP contribution in [0.25, 0.3) is 0 Å². The van der Waals surface area contributed by atoms with E-state index in [-0.39, 0.29) is 0 Å². The molecule has 0 fully saturated rings. The Hall–Kier alpha value is 0. The van der Waals surface area contributed by atoms with Crippen molar-refractivity contribution in [3.63, 3.8) is 0 Å². The third-order valence-corrected chi connectivity index (χ3v) is 5.85. The van der Waals surface area contributed by atoms with E-state index in [9.17, 15) is 0 Å². The molecule has 0 radical (unpaired) electrons. The molecule has 0 aromatic heterocycles. The predicted molar refractivity (Wildman–Crippen MR) is 117 cm³/mol. The maximum atomic E-state index is 2.47. The van der Waals surface area contributed by atoms with Gasteiger partial charge in [-0.25, -0.2) is 0 Å². The van der Waals surface area contributed by atoms with Crippen LogP contribution in [0.3, 0.4) is 0 Å². The Labute approximate surface area is 161 Å². The average Bonchev–Trinajstić information content (AvgIpc) is 2.62. The molecular formula is C25H52. The molecule has 0 aliphatic carbocycles. The van der Waals surface area contributed by atoms with Crippen LogP contribution in [0.5, 0.6) is 0 Å². The molecule has 0 saturated heterocycles. The van der Waals surface area contributed by atoms with Crippen molar-refractivity contribution in [3.8, 4) is 0 Å². The standard InChI is InChI=1S/C25H52/c1-4-6-8-10-11-12-13-14-15-16-17-18-19-20-22-24-25(3)23-21-9-7-5-2/h25H,4-24H2,1-3H3. The van der Waals surface area contributed by atoms with Gasteiger partial charge in [0.05, 0.1) is 0 Å². The minimum Gasteiger partial charge on any atom is -0.0654 e. The molecule has 0 aliphatic rings. The van der Waals surface area contributed by atoms with Gasteiger partial charge in [0.2, 0.25) is 0 Å². The predicted octanol–water partition coefficient (Wildman–Crippen LogP) is 9.85. The van der Waals surface area contributed by atoms with E-state index in [1.54, 1.807) is 0 Å². The molecule has 0 rings (SSSR count). The summed E-state index contributed by atoms with van der Waals surface area (Å²) in [4.78, 5) is 0. The smallest absolute Gasteiger partial charge is 0.0443 e. The quantitative estimate of drug-likeness (QED) is 0.180. The van der Waals surface area contributed by atoms with Crippen molar-refractivity contribution >= 4 is 0 Å². The van der Waals surface area contributed by atoms with Gasteiger partial charge < -0.3 is 0 Å². The molecule has 152 valence electrons. The van der Waals surface area contributed by atoms with Crippen LogP contribution in [-0.4, -0.2) is 0 Å². The lowest BCUT2D eigenvalue weighted by Gasteiger charge is -2.10. The van der Waals surface area contributed by atoms with Crippen LogP contribution in [0.2, 0.25) is 0 Å². The molecule has 0 aromatic rings. The van der Waals surface area contributed by atoms with Gasteiger partial charge in [-0.1, -0.05) is 156 Å². The van der Waals surface area contributed by atoms with Crippen LogP contribution < -0.4 is 0 Å². The summed E-state index contributed by atoms with van der Waals surface area (Å²) in [6, 6.07) is 0. The molecule has 0 heterocycles. The van der Waals surface area contributed by atoms with E-state index in [1.165, 1.54) is 135 Å². The highest BCUT2D eigenvalue weighted by atomic mass is 14.1. The zero-order chi connectivity index (χ0) is 18.4. The third kappa shape index (κ3) is 22.0. The first-order valence-corrected chi connectivity index (χ1v) is 12.3. The highest BCUT2D eigenvalue weighted by Crippen LogP contribution is 2.18. The van der Waals surface area contributed by atoms with Crippen LogP contribution >= 0.6 is 0 Å². The third-order valence-electron chi connectivity index (χ3n) is 5.85. The average molecular weight is 353 g/mol. The van der Waals surface area contributed by atoms with Crippen LogP contribution in [0, 0.1) is 5.92 Å². The first-order valence-electron chi connectivity index (χ1n) is 12.3. The molecule has 1 atom stereocenters. The number of rotatable bonds is 21. The normalized spacial score (nSPS) is 12.6. The summed E-state index contributed by atoms with van der Waals surface area (Å²) in [7, 11) is 0. The fourth-order valence-electron chi connectivity index (χ4n) is 3.93. The minimum atomic E-state index is 0.971. The summed E-state index contributed by atoms with van der Waals surface area (Å²) in [5, 5.41) is 0. The van der Waals surface area contributed by atoms with Gasteiger partial charge in [0.1, 0.15) is 0 Å². The SMILES string of the molecule is CCCCCCCCCCCCCCCCCC(C)CCCCCC. The molecule has 0 heteroatoms. The molecule has 0 N–H and O–H groups in total. The molecule has 25 heavy (non-hydrogen) atoms. The lowest BCUT2D eigenvalue weighted by molar-refractivity contribution is 0.433. The fourth-order valence-corrected chi connectivity index (χ4v) is 3.93. The van der Waals surface area contributed by atoms with Crippen LogP contribution in [0.1, 0.15) is 156 Å². The number of hydrogen-bond donors (Lipinski definition) is 0. The molecule has 0 bridgehead atoms. The highest BCUT2D eigenvalue weighted by Gasteiger charge is 2.01. The molecule has 0 aromatic carbocycles. The summed E-state index contributed by atoms with van der Waals surface area (Å²) < 4.78 is 0. The second-order valence-electron chi connectivity index (χ2n) is 8.69. The Bertz CT molecular complexity index is 220. The summed E-state index contributed by atoms with van der Waals surface area (Å²) >= 11 is 0. The monoisotopic (exact) mass is 352 g/mol. The van der Waals surface area contributed by atoms with Gasteiger partial charge >= 0.3 is 0 Å². The summed E-state index contributed by atoms with van der Waals surface area (Å²) in [6.07, 6.45) is 30.8. The first-order chi connectivity index (χ1) is 12.3. The van der Waals surface area contributed by atoms with E-state index in [1.807, 2.05) is 0 Å². The van der Waals surface area contributed by atoms with E-state index < -0.39 is 0 Å². The van der Waals surface area contributed by atoms with Crippen molar-refractivity contribution in [2.24, 2.45) is 5.92 Å². The Balaban J connectivity index is 3.06. The summed E-state index contributed by atoms with van der Waals surface area (Å²) in [5.41, 5.74) is 0. The Kier molecular flexibility index (Phi) is 22.0. The van der Waals surface area contributed by atoms with Gasteiger partial charge in [0.25, 0.3) is 0 Å².